The fourth-order valence-corrected chi connectivity index (χ4v) is 6.72. The topological polar surface area (TPSA) is 129 Å². The first-order valence-electron chi connectivity index (χ1n) is 17.0. The number of likely N-dealkylation sites (tertiary alicyclic amines) is 1. The minimum Gasteiger partial charge on any atom is -0.461 e. The number of Topliss-reactive ketones (excluding diaryl/α,β-unsaturated/α-hetero) is 1. The van der Waals surface area contributed by atoms with Crippen molar-refractivity contribution in [2.24, 2.45) is 5.92 Å². The minimum atomic E-state index is -1.16. The van der Waals surface area contributed by atoms with Crippen molar-refractivity contribution in [2.75, 3.05) is 39.6 Å². The molecule has 5 rings (SSSR count). The van der Waals surface area contributed by atoms with E-state index in [2.05, 4.69) is 4.90 Å². The van der Waals surface area contributed by atoms with E-state index in [1.165, 1.54) is 42.5 Å². The van der Waals surface area contributed by atoms with E-state index in [-0.39, 0.29) is 47.5 Å². The summed E-state index contributed by atoms with van der Waals surface area (Å²) in [7, 11) is 0. The van der Waals surface area contributed by atoms with Gasteiger partial charge in [0.2, 0.25) is 0 Å². The van der Waals surface area contributed by atoms with Crippen molar-refractivity contribution in [1.29, 1.82) is 0 Å². The average Bonchev–Trinajstić information content (AvgIpc) is 3.13. The molecule has 0 spiro atoms. The molecule has 268 valence electrons. The van der Waals surface area contributed by atoms with E-state index in [1.807, 2.05) is 35.2 Å². The lowest BCUT2D eigenvalue weighted by Gasteiger charge is -2.38. The minimum absolute atomic E-state index is 0.0131. The summed E-state index contributed by atoms with van der Waals surface area (Å²) in [5.74, 6) is -3.22. The Morgan fingerprint density at radius 1 is 0.863 bits per heavy atom. The van der Waals surface area contributed by atoms with Crippen LogP contribution >= 0.6 is 0 Å². The summed E-state index contributed by atoms with van der Waals surface area (Å²) >= 11 is 0. The van der Waals surface area contributed by atoms with Crippen molar-refractivity contribution in [3.8, 4) is 0 Å². The number of nitro groups is 1. The third-order valence-corrected chi connectivity index (χ3v) is 9.44. The second-order valence-electron chi connectivity index (χ2n) is 12.5. The van der Waals surface area contributed by atoms with Gasteiger partial charge in [-0.1, -0.05) is 48.5 Å². The highest BCUT2D eigenvalue weighted by Gasteiger charge is 2.43. The number of rotatable bonds is 14. The maximum atomic E-state index is 14.2. The highest BCUT2D eigenvalue weighted by Crippen LogP contribution is 2.46. The Bertz CT molecular complexity index is 1800. The summed E-state index contributed by atoms with van der Waals surface area (Å²) in [6.07, 6.45) is 1.22. The van der Waals surface area contributed by atoms with Crippen molar-refractivity contribution < 1.29 is 37.9 Å². The second kappa shape index (κ2) is 17.1. The fourth-order valence-electron chi connectivity index (χ4n) is 6.72. The number of halogens is 1. The smallest absolute Gasteiger partial charge is 0.338 e. The zero-order chi connectivity index (χ0) is 36.5. The first kappa shape index (κ1) is 37.1. The Kier molecular flexibility index (Phi) is 12.5. The van der Waals surface area contributed by atoms with Crippen LogP contribution in [0.2, 0.25) is 0 Å². The van der Waals surface area contributed by atoms with Gasteiger partial charge in [-0.15, -0.1) is 0 Å². The maximum absolute atomic E-state index is 14.2. The van der Waals surface area contributed by atoms with Crippen LogP contribution in [0.25, 0.3) is 0 Å². The summed E-state index contributed by atoms with van der Waals surface area (Å²) in [5, 5.41) is 12.3. The summed E-state index contributed by atoms with van der Waals surface area (Å²) in [4.78, 5) is 56.7. The number of nitro benzene ring substituents is 1. The molecule has 1 saturated heterocycles. The van der Waals surface area contributed by atoms with Gasteiger partial charge in [0.15, 0.2) is 12.6 Å². The first-order chi connectivity index (χ1) is 24.6. The van der Waals surface area contributed by atoms with E-state index in [0.717, 1.165) is 5.56 Å². The number of carbonyl (C=O) groups is 3. The number of allylic oxidation sites excluding steroid dienone is 2. The van der Waals surface area contributed by atoms with E-state index in [1.54, 1.807) is 26.8 Å². The van der Waals surface area contributed by atoms with Gasteiger partial charge in [0, 0.05) is 54.2 Å². The molecule has 1 unspecified atom stereocenters. The number of carbonyl (C=O) groups excluding carboxylic acids is 3. The van der Waals surface area contributed by atoms with Crippen molar-refractivity contribution in [2.45, 2.75) is 46.1 Å². The first-order valence-corrected chi connectivity index (χ1v) is 17.0. The summed E-state index contributed by atoms with van der Waals surface area (Å²) < 4.78 is 30.0. The molecule has 0 saturated carbocycles. The van der Waals surface area contributed by atoms with E-state index < -0.39 is 28.6 Å². The normalized spacial score (nSPS) is 17.0. The third kappa shape index (κ3) is 8.76. The standard InChI is InChI=1S/C39H42FN3O8/c1-4-49-25-51-39(46)35-27(3)42(24-28-10-6-5-7-11-28)26(2)34(36(35)32-12-8-9-13-33(32)43(47)48)38(45)50-23-22-41-20-18-30(19-21-41)37(44)29-14-16-31(40)17-15-29/h5-17,30,36H,4,18-25H2,1-3H3. The molecule has 11 nitrogen and oxygen atoms in total. The van der Waals surface area contributed by atoms with E-state index in [0.29, 0.717) is 62.6 Å². The Morgan fingerprint density at radius 2 is 1.47 bits per heavy atom. The van der Waals surface area contributed by atoms with E-state index >= 15 is 0 Å². The third-order valence-electron chi connectivity index (χ3n) is 9.44. The molecule has 0 radical (unpaired) electrons. The lowest BCUT2D eigenvalue weighted by Crippen LogP contribution is -2.39. The van der Waals surface area contributed by atoms with E-state index in [9.17, 15) is 28.9 Å². The maximum Gasteiger partial charge on any atom is 0.338 e. The molecule has 1 fully saturated rings. The number of esters is 2. The number of benzene rings is 3. The number of ether oxygens (including phenoxy) is 3. The monoisotopic (exact) mass is 699 g/mol. The fraction of sp³-hybridized carbons (Fsp3) is 0.359. The second-order valence-corrected chi connectivity index (χ2v) is 12.5. The largest absolute Gasteiger partial charge is 0.461 e. The van der Waals surface area contributed by atoms with Gasteiger partial charge in [-0.05, 0) is 76.5 Å². The Morgan fingerprint density at radius 3 is 2.10 bits per heavy atom. The van der Waals surface area contributed by atoms with Gasteiger partial charge < -0.3 is 19.1 Å². The molecule has 0 N–H and O–H groups in total. The zero-order valence-electron chi connectivity index (χ0n) is 29.0. The van der Waals surface area contributed by atoms with Crippen molar-refractivity contribution in [1.82, 2.24) is 9.80 Å². The number of piperidine rings is 1. The molecule has 0 amide bonds. The van der Waals surface area contributed by atoms with Crippen LogP contribution in [0.4, 0.5) is 10.1 Å². The van der Waals surface area contributed by atoms with Crippen LogP contribution in [0.1, 0.15) is 61.0 Å². The molecular formula is C39H42FN3O8. The molecule has 3 aromatic rings. The van der Waals surface area contributed by atoms with Gasteiger partial charge in [-0.25, -0.2) is 14.0 Å². The van der Waals surface area contributed by atoms with Crippen molar-refractivity contribution in [3.05, 3.63) is 134 Å². The molecule has 51 heavy (non-hydrogen) atoms. The van der Waals surface area contributed by atoms with Crippen LogP contribution in [-0.2, 0) is 30.3 Å². The molecule has 3 aromatic carbocycles. The Labute approximate surface area is 296 Å². The summed E-state index contributed by atoms with van der Waals surface area (Å²) in [6.45, 7) is 7.16. The molecular weight excluding hydrogens is 657 g/mol. The van der Waals surface area contributed by atoms with Gasteiger partial charge in [-0.3, -0.25) is 19.8 Å². The molecule has 0 bridgehead atoms. The predicted molar refractivity (Wildman–Crippen MR) is 187 cm³/mol. The number of nitrogens with zero attached hydrogens (tertiary/aromatic N) is 3. The van der Waals surface area contributed by atoms with Crippen molar-refractivity contribution in [3.63, 3.8) is 0 Å². The number of para-hydroxylation sites is 1. The molecule has 0 aromatic heterocycles. The molecule has 2 heterocycles. The Hall–Kier alpha value is -5.20. The summed E-state index contributed by atoms with van der Waals surface area (Å²) in [5.41, 5.74) is 2.45. The van der Waals surface area contributed by atoms with Crippen LogP contribution in [0.15, 0.2) is 101 Å². The SMILES string of the molecule is CCOCOC(=O)C1=C(C)N(Cc2ccccc2)C(C)=C(C(=O)OCCN2CCC(C(=O)c3ccc(F)cc3)CC2)C1c1ccccc1[N+](=O)[O-]. The molecule has 1 atom stereocenters. The lowest BCUT2D eigenvalue weighted by atomic mass is 9.79. The summed E-state index contributed by atoms with van der Waals surface area (Å²) in [6, 6.07) is 21.1. The number of ketones is 1. The van der Waals surface area contributed by atoms with Gasteiger partial charge >= 0.3 is 11.9 Å². The van der Waals surface area contributed by atoms with Crippen molar-refractivity contribution >= 4 is 23.4 Å². The van der Waals surface area contributed by atoms with Gasteiger partial charge in [0.25, 0.3) is 5.69 Å². The number of hydrogen-bond acceptors (Lipinski definition) is 10. The molecule has 0 aliphatic carbocycles. The molecule has 12 heteroatoms. The highest BCUT2D eigenvalue weighted by molar-refractivity contribution is 6.00. The highest BCUT2D eigenvalue weighted by atomic mass is 19.1. The Balaban J connectivity index is 1.40. The molecule has 2 aliphatic rings. The average molecular weight is 700 g/mol. The van der Waals surface area contributed by atoms with Gasteiger partial charge in [-0.2, -0.15) is 0 Å². The van der Waals surface area contributed by atoms with E-state index in [4.69, 9.17) is 14.2 Å². The van der Waals surface area contributed by atoms with Gasteiger partial charge in [0.1, 0.15) is 12.4 Å². The van der Waals surface area contributed by atoms with Crippen LogP contribution in [0.3, 0.4) is 0 Å². The molecule has 2 aliphatic heterocycles. The van der Waals surface area contributed by atoms with Crippen LogP contribution in [-0.4, -0.2) is 72.1 Å². The van der Waals surface area contributed by atoms with Crippen LogP contribution in [0.5, 0.6) is 0 Å². The van der Waals surface area contributed by atoms with Gasteiger partial charge in [0.05, 0.1) is 22.0 Å². The quantitative estimate of drug-likeness (QED) is 0.0456. The zero-order valence-corrected chi connectivity index (χ0v) is 29.0. The number of hydrogen-bond donors (Lipinski definition) is 0. The van der Waals surface area contributed by atoms with Crippen LogP contribution in [0, 0.1) is 21.8 Å². The van der Waals surface area contributed by atoms with Crippen LogP contribution < -0.4 is 0 Å². The lowest BCUT2D eigenvalue weighted by molar-refractivity contribution is -0.385. The predicted octanol–water partition coefficient (Wildman–Crippen LogP) is 6.56.